The Bertz CT molecular complexity index is 230. The molecule has 0 N–H and O–H groups in total. The number of hydrogen-bond acceptors (Lipinski definition) is 2. The molecule has 0 spiro atoms. The molecule has 4 heteroatoms. The number of esters is 1. The van der Waals surface area contributed by atoms with E-state index in [1.807, 2.05) is 27.7 Å². The molecule has 0 radical (unpaired) electrons. The molecule has 0 amide bonds. The van der Waals surface area contributed by atoms with Crippen LogP contribution < -0.4 is 0 Å². The number of ether oxygens (including phenoxy) is 1. The van der Waals surface area contributed by atoms with Gasteiger partial charge in [0.15, 0.2) is 0 Å². The average molecular weight is 225 g/mol. The molecule has 2 atom stereocenters. The molecule has 0 aromatic rings. The Balaban J connectivity index is 2.54. The van der Waals surface area contributed by atoms with Crippen LogP contribution in [0.5, 0.6) is 0 Å². The average Bonchev–Trinajstić information content (AvgIpc) is 2.27. The summed E-state index contributed by atoms with van der Waals surface area (Å²) >= 11 is 11.7. The molecule has 0 aliphatic heterocycles. The minimum absolute atomic E-state index is 0.00863. The molecule has 0 aromatic heterocycles. The fraction of sp³-hybridized carbons (Fsp3) is 0.889. The van der Waals surface area contributed by atoms with Crippen molar-refractivity contribution in [2.45, 2.75) is 37.6 Å². The van der Waals surface area contributed by atoms with Gasteiger partial charge in [-0.15, -0.1) is 23.2 Å². The second-order valence-corrected chi connectivity index (χ2v) is 5.92. The van der Waals surface area contributed by atoms with Crippen molar-refractivity contribution < 1.29 is 9.53 Å². The summed E-state index contributed by atoms with van der Waals surface area (Å²) in [6, 6.07) is 0. The third-order valence-electron chi connectivity index (χ3n) is 2.07. The fourth-order valence-electron chi connectivity index (χ4n) is 1.21. The van der Waals surface area contributed by atoms with Crippen molar-refractivity contribution >= 4 is 29.2 Å². The Morgan fingerprint density at radius 3 is 2.00 bits per heavy atom. The minimum Gasteiger partial charge on any atom is -0.460 e. The summed E-state index contributed by atoms with van der Waals surface area (Å²) in [5.74, 6) is -0.675. The largest absolute Gasteiger partial charge is 0.460 e. The van der Waals surface area contributed by atoms with E-state index in [1.54, 1.807) is 0 Å². The van der Waals surface area contributed by atoms with Crippen LogP contribution in [0.25, 0.3) is 0 Å². The van der Waals surface area contributed by atoms with E-state index in [9.17, 15) is 4.79 Å². The minimum atomic E-state index is -0.914. The molecule has 1 aliphatic carbocycles. The van der Waals surface area contributed by atoms with Crippen molar-refractivity contribution in [1.29, 1.82) is 0 Å². The fourth-order valence-corrected chi connectivity index (χ4v) is 1.89. The molecule has 2 nitrogen and oxygen atoms in total. The van der Waals surface area contributed by atoms with Gasteiger partial charge in [0.1, 0.15) is 9.93 Å². The third-order valence-corrected chi connectivity index (χ3v) is 3.23. The van der Waals surface area contributed by atoms with E-state index in [4.69, 9.17) is 27.9 Å². The number of alkyl halides is 2. The van der Waals surface area contributed by atoms with E-state index >= 15 is 0 Å². The zero-order valence-electron chi connectivity index (χ0n) is 8.23. The van der Waals surface area contributed by atoms with Crippen molar-refractivity contribution in [2.24, 2.45) is 11.8 Å². The van der Waals surface area contributed by atoms with Crippen LogP contribution in [-0.2, 0) is 9.53 Å². The Labute approximate surface area is 88.5 Å². The molecular formula is C9H14Cl2O2. The lowest BCUT2D eigenvalue weighted by Gasteiger charge is -2.19. The molecule has 1 aliphatic rings. The van der Waals surface area contributed by atoms with Gasteiger partial charge in [-0.1, -0.05) is 6.92 Å². The summed E-state index contributed by atoms with van der Waals surface area (Å²) in [5, 5.41) is 0. The first kappa shape index (κ1) is 11.1. The molecule has 1 saturated carbocycles. The van der Waals surface area contributed by atoms with Gasteiger partial charge in [-0.25, -0.2) is 0 Å². The molecule has 1 fully saturated rings. The summed E-state index contributed by atoms with van der Waals surface area (Å²) in [7, 11) is 0. The van der Waals surface area contributed by atoms with Crippen molar-refractivity contribution in [2.75, 3.05) is 0 Å². The van der Waals surface area contributed by atoms with Crippen LogP contribution >= 0.6 is 23.2 Å². The molecule has 2 unspecified atom stereocenters. The first-order valence-corrected chi connectivity index (χ1v) is 5.02. The van der Waals surface area contributed by atoms with Crippen LogP contribution in [0.1, 0.15) is 27.7 Å². The predicted octanol–water partition coefficient (Wildman–Crippen LogP) is 2.77. The van der Waals surface area contributed by atoms with Crippen LogP contribution in [-0.4, -0.2) is 15.9 Å². The third kappa shape index (κ3) is 2.29. The number of hydrogen-bond donors (Lipinski definition) is 0. The van der Waals surface area contributed by atoms with Crippen LogP contribution in [0.3, 0.4) is 0 Å². The summed E-state index contributed by atoms with van der Waals surface area (Å²) in [4.78, 5) is 11.5. The maximum atomic E-state index is 11.5. The van der Waals surface area contributed by atoms with Gasteiger partial charge < -0.3 is 4.74 Å². The summed E-state index contributed by atoms with van der Waals surface area (Å²) in [5.41, 5.74) is -0.469. The summed E-state index contributed by atoms with van der Waals surface area (Å²) in [6.07, 6.45) is 0. The Morgan fingerprint density at radius 2 is 1.77 bits per heavy atom. The quantitative estimate of drug-likeness (QED) is 0.506. The highest BCUT2D eigenvalue weighted by Crippen LogP contribution is 2.59. The smallest absolute Gasteiger partial charge is 0.312 e. The van der Waals surface area contributed by atoms with Gasteiger partial charge in [0.05, 0.1) is 5.92 Å². The molecule has 1 rings (SSSR count). The van der Waals surface area contributed by atoms with E-state index in [0.29, 0.717) is 0 Å². The topological polar surface area (TPSA) is 26.3 Å². The monoisotopic (exact) mass is 224 g/mol. The molecule has 76 valence electrons. The first-order valence-electron chi connectivity index (χ1n) is 4.27. The van der Waals surface area contributed by atoms with Gasteiger partial charge in [-0.05, 0) is 20.8 Å². The summed E-state index contributed by atoms with van der Waals surface area (Å²) < 4.78 is 4.25. The Morgan fingerprint density at radius 1 is 1.38 bits per heavy atom. The standard InChI is InChI=1S/C9H14Cl2O2/c1-5-6(9(5,10)11)7(12)13-8(2,3)4/h5-6H,1-4H3. The predicted molar refractivity (Wildman–Crippen MR) is 52.9 cm³/mol. The van der Waals surface area contributed by atoms with E-state index in [-0.39, 0.29) is 17.8 Å². The van der Waals surface area contributed by atoms with Crippen molar-refractivity contribution in [3.63, 3.8) is 0 Å². The lowest BCUT2D eigenvalue weighted by atomic mass is 10.2. The zero-order chi connectivity index (χ0) is 10.4. The molecule has 0 saturated heterocycles. The van der Waals surface area contributed by atoms with Gasteiger partial charge in [0.25, 0.3) is 0 Å². The van der Waals surface area contributed by atoms with Crippen molar-refractivity contribution in [3.8, 4) is 0 Å². The number of carbonyl (C=O) groups is 1. The molecule has 0 aromatic carbocycles. The van der Waals surface area contributed by atoms with Crippen LogP contribution in [0.15, 0.2) is 0 Å². The molecule has 0 bridgehead atoms. The van der Waals surface area contributed by atoms with Crippen LogP contribution in [0, 0.1) is 11.8 Å². The maximum absolute atomic E-state index is 11.5. The number of halogens is 2. The Hall–Kier alpha value is 0.0500. The van der Waals surface area contributed by atoms with Crippen molar-refractivity contribution in [1.82, 2.24) is 0 Å². The molecule has 13 heavy (non-hydrogen) atoms. The first-order chi connectivity index (χ1) is 5.66. The SMILES string of the molecule is CC1C(C(=O)OC(C)(C)C)C1(Cl)Cl. The van der Waals surface area contributed by atoms with Crippen LogP contribution in [0.2, 0.25) is 0 Å². The van der Waals surface area contributed by atoms with Gasteiger partial charge in [0, 0.05) is 5.92 Å². The lowest BCUT2D eigenvalue weighted by Crippen LogP contribution is -2.26. The highest BCUT2D eigenvalue weighted by atomic mass is 35.5. The Kier molecular flexibility index (Phi) is 2.59. The van der Waals surface area contributed by atoms with Gasteiger partial charge >= 0.3 is 5.97 Å². The van der Waals surface area contributed by atoms with Crippen molar-refractivity contribution in [3.05, 3.63) is 0 Å². The lowest BCUT2D eigenvalue weighted by molar-refractivity contribution is -0.156. The second kappa shape index (κ2) is 3.03. The van der Waals surface area contributed by atoms with Gasteiger partial charge in [0.2, 0.25) is 0 Å². The van der Waals surface area contributed by atoms with E-state index < -0.39 is 9.93 Å². The van der Waals surface area contributed by atoms with E-state index in [1.165, 1.54) is 0 Å². The molecular weight excluding hydrogens is 211 g/mol. The number of rotatable bonds is 1. The molecule has 0 heterocycles. The maximum Gasteiger partial charge on any atom is 0.312 e. The second-order valence-electron chi connectivity index (χ2n) is 4.47. The van der Waals surface area contributed by atoms with Crippen LogP contribution in [0.4, 0.5) is 0 Å². The summed E-state index contributed by atoms with van der Waals surface area (Å²) in [6.45, 7) is 7.31. The van der Waals surface area contributed by atoms with Gasteiger partial charge in [-0.2, -0.15) is 0 Å². The normalized spacial score (nSPS) is 31.2. The number of carbonyl (C=O) groups excluding carboxylic acids is 1. The highest BCUT2D eigenvalue weighted by molar-refractivity contribution is 6.52. The van der Waals surface area contributed by atoms with E-state index in [0.717, 1.165) is 0 Å². The van der Waals surface area contributed by atoms with E-state index in [2.05, 4.69) is 0 Å². The zero-order valence-corrected chi connectivity index (χ0v) is 9.74. The van der Waals surface area contributed by atoms with Gasteiger partial charge in [-0.3, -0.25) is 4.79 Å². The highest BCUT2D eigenvalue weighted by Gasteiger charge is 2.65.